The standard InChI is InChI=1S/C24H26F3N3O2/c1-15(18-7-5-8-19(13-18)24(25,26)27)28-23(31)12-11-22-16(2)29-30(17(22)3)20-9-6-10-21(14-20)32-4/h5-10,13-15H,11-12H2,1-4H3,(H,28,31)/t15-/m1/s1. The summed E-state index contributed by atoms with van der Waals surface area (Å²) in [5.41, 5.74) is 3.26. The van der Waals surface area contributed by atoms with Gasteiger partial charge in [-0.25, -0.2) is 4.68 Å². The third kappa shape index (κ3) is 5.30. The fourth-order valence-electron chi connectivity index (χ4n) is 3.65. The molecular weight excluding hydrogens is 419 g/mol. The van der Waals surface area contributed by atoms with Crippen LogP contribution in [-0.2, 0) is 17.4 Å². The molecule has 1 amide bonds. The maximum Gasteiger partial charge on any atom is 0.416 e. The van der Waals surface area contributed by atoms with E-state index in [9.17, 15) is 18.0 Å². The van der Waals surface area contributed by atoms with Crippen molar-refractivity contribution in [1.82, 2.24) is 15.1 Å². The second-order valence-electron chi connectivity index (χ2n) is 7.68. The van der Waals surface area contributed by atoms with E-state index in [1.807, 2.05) is 42.8 Å². The molecule has 5 nitrogen and oxygen atoms in total. The van der Waals surface area contributed by atoms with E-state index in [4.69, 9.17) is 4.74 Å². The first-order chi connectivity index (χ1) is 15.1. The van der Waals surface area contributed by atoms with Crippen molar-refractivity contribution in [2.45, 2.75) is 45.8 Å². The van der Waals surface area contributed by atoms with Crippen LogP contribution in [0, 0.1) is 13.8 Å². The topological polar surface area (TPSA) is 56.2 Å². The first-order valence-electron chi connectivity index (χ1n) is 10.3. The van der Waals surface area contributed by atoms with E-state index in [1.54, 1.807) is 20.1 Å². The molecule has 0 unspecified atom stereocenters. The summed E-state index contributed by atoms with van der Waals surface area (Å²) in [5.74, 6) is 0.488. The van der Waals surface area contributed by atoms with Crippen LogP contribution in [0.25, 0.3) is 5.69 Å². The van der Waals surface area contributed by atoms with Gasteiger partial charge >= 0.3 is 6.18 Å². The molecule has 0 fully saturated rings. The van der Waals surface area contributed by atoms with Gasteiger partial charge in [0.15, 0.2) is 0 Å². The number of carbonyl (C=O) groups excluding carboxylic acids is 1. The van der Waals surface area contributed by atoms with Crippen molar-refractivity contribution < 1.29 is 22.7 Å². The molecule has 0 aliphatic rings. The molecule has 0 saturated heterocycles. The normalized spacial score (nSPS) is 12.5. The van der Waals surface area contributed by atoms with Gasteiger partial charge in [0, 0.05) is 18.2 Å². The first kappa shape index (κ1) is 23.4. The highest BCUT2D eigenvalue weighted by molar-refractivity contribution is 5.76. The lowest BCUT2D eigenvalue weighted by Crippen LogP contribution is -2.27. The van der Waals surface area contributed by atoms with Gasteiger partial charge in [0.25, 0.3) is 0 Å². The molecule has 3 aromatic rings. The minimum atomic E-state index is -4.42. The molecule has 8 heteroatoms. The number of nitrogens with one attached hydrogen (secondary N) is 1. The van der Waals surface area contributed by atoms with Crippen LogP contribution in [0.15, 0.2) is 48.5 Å². The highest BCUT2D eigenvalue weighted by atomic mass is 19.4. The number of nitrogens with zero attached hydrogens (tertiary/aromatic N) is 2. The Balaban J connectivity index is 1.67. The van der Waals surface area contributed by atoms with Crippen molar-refractivity contribution in [2.75, 3.05) is 7.11 Å². The molecule has 0 aliphatic carbocycles. The van der Waals surface area contributed by atoms with Crippen LogP contribution in [0.5, 0.6) is 5.75 Å². The molecule has 0 aliphatic heterocycles. The predicted molar refractivity (Wildman–Crippen MR) is 116 cm³/mol. The van der Waals surface area contributed by atoms with Crippen molar-refractivity contribution in [1.29, 1.82) is 0 Å². The molecule has 170 valence electrons. The van der Waals surface area contributed by atoms with Crippen LogP contribution >= 0.6 is 0 Å². The minimum Gasteiger partial charge on any atom is -0.497 e. The van der Waals surface area contributed by atoms with E-state index in [0.717, 1.165) is 40.5 Å². The summed E-state index contributed by atoms with van der Waals surface area (Å²) in [7, 11) is 1.60. The van der Waals surface area contributed by atoms with Crippen LogP contribution in [0.2, 0.25) is 0 Å². The van der Waals surface area contributed by atoms with Gasteiger partial charge in [-0.2, -0.15) is 18.3 Å². The van der Waals surface area contributed by atoms with Crippen molar-refractivity contribution in [2.24, 2.45) is 0 Å². The number of alkyl halides is 3. The van der Waals surface area contributed by atoms with E-state index >= 15 is 0 Å². The van der Waals surface area contributed by atoms with Gasteiger partial charge in [0.2, 0.25) is 5.91 Å². The van der Waals surface area contributed by atoms with Crippen LogP contribution in [0.4, 0.5) is 13.2 Å². The SMILES string of the molecule is COc1cccc(-n2nc(C)c(CCC(=O)N[C@H](C)c3cccc(C(F)(F)F)c3)c2C)c1. The highest BCUT2D eigenvalue weighted by Gasteiger charge is 2.30. The lowest BCUT2D eigenvalue weighted by atomic mass is 10.0. The van der Waals surface area contributed by atoms with Crippen molar-refractivity contribution >= 4 is 5.91 Å². The Hall–Kier alpha value is -3.29. The van der Waals surface area contributed by atoms with Gasteiger partial charge in [-0.15, -0.1) is 0 Å². The van der Waals surface area contributed by atoms with E-state index in [0.29, 0.717) is 12.0 Å². The number of amides is 1. The average Bonchev–Trinajstić information content (AvgIpc) is 3.05. The molecule has 1 heterocycles. The number of aryl methyl sites for hydroxylation is 1. The summed E-state index contributed by atoms with van der Waals surface area (Å²) >= 11 is 0. The molecule has 1 atom stereocenters. The average molecular weight is 445 g/mol. The van der Waals surface area contributed by atoms with Gasteiger partial charge in [-0.3, -0.25) is 4.79 Å². The Kier molecular flexibility index (Phi) is 6.91. The molecule has 0 bridgehead atoms. The molecule has 32 heavy (non-hydrogen) atoms. The molecule has 0 spiro atoms. The third-order valence-corrected chi connectivity index (χ3v) is 5.43. The number of methoxy groups -OCH3 is 1. The number of aromatic nitrogens is 2. The van der Waals surface area contributed by atoms with Crippen molar-refractivity contribution in [3.63, 3.8) is 0 Å². The summed E-state index contributed by atoms with van der Waals surface area (Å²) in [4.78, 5) is 12.5. The van der Waals surface area contributed by atoms with Crippen LogP contribution in [-0.4, -0.2) is 22.8 Å². The second-order valence-corrected chi connectivity index (χ2v) is 7.68. The van der Waals surface area contributed by atoms with Gasteiger partial charge in [-0.1, -0.05) is 18.2 Å². The summed E-state index contributed by atoms with van der Waals surface area (Å²) in [6.45, 7) is 5.50. The summed E-state index contributed by atoms with van der Waals surface area (Å²) in [6.07, 6.45) is -3.74. The number of hydrogen-bond donors (Lipinski definition) is 1. The molecule has 0 radical (unpaired) electrons. The maximum absolute atomic E-state index is 12.9. The number of hydrogen-bond acceptors (Lipinski definition) is 3. The Bertz CT molecular complexity index is 1110. The van der Waals surface area contributed by atoms with Gasteiger partial charge in [0.05, 0.1) is 30.1 Å². The molecule has 1 aromatic heterocycles. The largest absolute Gasteiger partial charge is 0.497 e. The maximum atomic E-state index is 12.9. The quantitative estimate of drug-likeness (QED) is 0.535. The lowest BCUT2D eigenvalue weighted by Gasteiger charge is -2.16. The lowest BCUT2D eigenvalue weighted by molar-refractivity contribution is -0.137. The molecule has 0 saturated carbocycles. The monoisotopic (exact) mass is 445 g/mol. The summed E-state index contributed by atoms with van der Waals surface area (Å²) in [5, 5.41) is 7.39. The van der Waals surface area contributed by atoms with E-state index in [2.05, 4.69) is 10.4 Å². The van der Waals surface area contributed by atoms with Crippen molar-refractivity contribution in [3.8, 4) is 11.4 Å². The van der Waals surface area contributed by atoms with E-state index in [-0.39, 0.29) is 12.3 Å². The van der Waals surface area contributed by atoms with E-state index < -0.39 is 17.8 Å². The number of benzene rings is 2. The zero-order chi connectivity index (χ0) is 23.5. The highest BCUT2D eigenvalue weighted by Crippen LogP contribution is 2.30. The first-order valence-corrected chi connectivity index (χ1v) is 10.3. The molecular formula is C24H26F3N3O2. The van der Waals surface area contributed by atoms with Crippen LogP contribution < -0.4 is 10.1 Å². The Morgan fingerprint density at radius 3 is 2.56 bits per heavy atom. The number of ether oxygens (including phenoxy) is 1. The predicted octanol–water partition coefficient (Wildman–Crippen LogP) is 5.33. The zero-order valence-electron chi connectivity index (χ0n) is 18.5. The number of carbonyl (C=O) groups is 1. The van der Waals surface area contributed by atoms with E-state index in [1.165, 1.54) is 6.07 Å². The smallest absolute Gasteiger partial charge is 0.416 e. The molecule has 2 aromatic carbocycles. The number of rotatable bonds is 7. The molecule has 1 N–H and O–H groups in total. The van der Waals surface area contributed by atoms with Crippen LogP contribution in [0.3, 0.4) is 0 Å². The third-order valence-electron chi connectivity index (χ3n) is 5.43. The Labute approximate surface area is 185 Å². The Morgan fingerprint density at radius 2 is 1.88 bits per heavy atom. The zero-order valence-corrected chi connectivity index (χ0v) is 18.5. The van der Waals surface area contributed by atoms with Gasteiger partial charge in [-0.05, 0) is 62.6 Å². The van der Waals surface area contributed by atoms with Crippen molar-refractivity contribution in [3.05, 3.63) is 76.6 Å². The fraction of sp³-hybridized carbons (Fsp3) is 0.333. The van der Waals surface area contributed by atoms with Gasteiger partial charge < -0.3 is 10.1 Å². The number of halogens is 3. The minimum absolute atomic E-state index is 0.203. The van der Waals surface area contributed by atoms with Crippen LogP contribution in [0.1, 0.15) is 47.5 Å². The Morgan fingerprint density at radius 1 is 1.16 bits per heavy atom. The summed E-state index contributed by atoms with van der Waals surface area (Å²) < 4.78 is 45.9. The molecule has 3 rings (SSSR count). The fourth-order valence-corrected chi connectivity index (χ4v) is 3.65. The second kappa shape index (κ2) is 9.46. The van der Waals surface area contributed by atoms with Gasteiger partial charge in [0.1, 0.15) is 5.75 Å². The summed E-state index contributed by atoms with van der Waals surface area (Å²) in [6, 6.07) is 12.0.